The van der Waals surface area contributed by atoms with Crippen molar-refractivity contribution >= 4 is 24.0 Å². The van der Waals surface area contributed by atoms with Crippen LogP contribution in [-0.4, -0.2) is 6.54 Å². The molecule has 98 valence electrons. The minimum Gasteiger partial charge on any atom is -0.330 e. The van der Waals surface area contributed by atoms with E-state index in [1.807, 2.05) is 0 Å². The van der Waals surface area contributed by atoms with Crippen LogP contribution in [0.5, 0.6) is 0 Å². The molecule has 0 amide bonds. The van der Waals surface area contributed by atoms with Crippen molar-refractivity contribution in [3.05, 3.63) is 34.4 Å². The van der Waals surface area contributed by atoms with Gasteiger partial charge in [-0.05, 0) is 31.5 Å². The average molecular weight is 285 g/mol. The predicted molar refractivity (Wildman–Crippen MR) is 68.4 cm³/mol. The Hall–Kier alpha value is -0.420. The molecule has 17 heavy (non-hydrogen) atoms. The standard InChI is InChI=1S/C11H15ClF2N2.ClH/c12-7-5-8(13)11(9(14)6-7)10(16)3-1-2-4-15;/h5-6,10H,1-4,15-16H2;1H/t10-;/m0./s1. The summed E-state index contributed by atoms with van der Waals surface area (Å²) in [6.45, 7) is 0.554. The van der Waals surface area contributed by atoms with Crippen LogP contribution in [0.15, 0.2) is 12.1 Å². The fraction of sp³-hybridized carbons (Fsp3) is 0.455. The predicted octanol–water partition coefficient (Wildman–Crippen LogP) is 3.17. The fourth-order valence-corrected chi connectivity index (χ4v) is 1.75. The first kappa shape index (κ1) is 16.6. The van der Waals surface area contributed by atoms with Crippen molar-refractivity contribution in [1.82, 2.24) is 0 Å². The van der Waals surface area contributed by atoms with Crippen molar-refractivity contribution in [2.24, 2.45) is 11.5 Å². The summed E-state index contributed by atoms with van der Waals surface area (Å²) in [7, 11) is 0. The Kier molecular flexibility index (Phi) is 7.63. The second-order valence-corrected chi connectivity index (χ2v) is 4.11. The molecule has 6 heteroatoms. The lowest BCUT2D eigenvalue weighted by Crippen LogP contribution is -2.15. The van der Waals surface area contributed by atoms with Gasteiger partial charge in [0, 0.05) is 16.6 Å². The van der Waals surface area contributed by atoms with Crippen molar-refractivity contribution in [3.63, 3.8) is 0 Å². The Bertz CT molecular complexity index is 338. The Morgan fingerprint density at radius 1 is 1.18 bits per heavy atom. The van der Waals surface area contributed by atoms with E-state index in [1.54, 1.807) is 0 Å². The Morgan fingerprint density at radius 3 is 2.18 bits per heavy atom. The maximum Gasteiger partial charge on any atom is 0.132 e. The molecule has 0 aromatic heterocycles. The number of nitrogens with two attached hydrogens (primary N) is 2. The average Bonchev–Trinajstić information content (AvgIpc) is 2.16. The van der Waals surface area contributed by atoms with Gasteiger partial charge in [0.15, 0.2) is 0 Å². The maximum atomic E-state index is 13.4. The van der Waals surface area contributed by atoms with Gasteiger partial charge < -0.3 is 11.5 Å². The van der Waals surface area contributed by atoms with E-state index in [4.69, 9.17) is 23.1 Å². The normalized spacial score (nSPS) is 12.1. The van der Waals surface area contributed by atoms with Gasteiger partial charge >= 0.3 is 0 Å². The molecular formula is C11H16Cl2F2N2. The van der Waals surface area contributed by atoms with Gasteiger partial charge in [0.25, 0.3) is 0 Å². The molecule has 1 atom stereocenters. The van der Waals surface area contributed by atoms with Crippen LogP contribution in [0, 0.1) is 11.6 Å². The number of hydrogen-bond donors (Lipinski definition) is 2. The van der Waals surface area contributed by atoms with Gasteiger partial charge in [-0.25, -0.2) is 8.78 Å². The summed E-state index contributed by atoms with van der Waals surface area (Å²) in [5.41, 5.74) is 11.0. The van der Waals surface area contributed by atoms with Gasteiger partial charge in [-0.2, -0.15) is 0 Å². The highest BCUT2D eigenvalue weighted by atomic mass is 35.5. The van der Waals surface area contributed by atoms with E-state index >= 15 is 0 Å². The Morgan fingerprint density at radius 2 is 1.71 bits per heavy atom. The maximum absolute atomic E-state index is 13.4. The smallest absolute Gasteiger partial charge is 0.132 e. The first-order valence-corrected chi connectivity index (χ1v) is 5.54. The molecule has 0 bridgehead atoms. The number of hydrogen-bond acceptors (Lipinski definition) is 2. The molecule has 0 saturated carbocycles. The molecule has 0 spiro atoms. The lowest BCUT2D eigenvalue weighted by molar-refractivity contribution is 0.500. The fourth-order valence-electron chi connectivity index (χ4n) is 1.56. The van der Waals surface area contributed by atoms with E-state index in [0.717, 1.165) is 25.0 Å². The molecule has 0 unspecified atom stereocenters. The third-order valence-corrected chi connectivity index (χ3v) is 2.60. The summed E-state index contributed by atoms with van der Waals surface area (Å²) in [5, 5.41) is 0.0351. The zero-order chi connectivity index (χ0) is 12.1. The molecule has 1 rings (SSSR count). The molecule has 0 fully saturated rings. The molecule has 0 aliphatic rings. The van der Waals surface area contributed by atoms with Crippen molar-refractivity contribution in [1.29, 1.82) is 0 Å². The molecule has 0 aliphatic carbocycles. The van der Waals surface area contributed by atoms with E-state index in [0.29, 0.717) is 13.0 Å². The van der Waals surface area contributed by atoms with E-state index < -0.39 is 17.7 Å². The van der Waals surface area contributed by atoms with E-state index in [9.17, 15) is 8.78 Å². The Balaban J connectivity index is 0.00000256. The second-order valence-electron chi connectivity index (χ2n) is 3.67. The lowest BCUT2D eigenvalue weighted by Gasteiger charge is -2.13. The molecule has 0 radical (unpaired) electrons. The molecule has 0 aliphatic heterocycles. The highest BCUT2D eigenvalue weighted by molar-refractivity contribution is 6.30. The Labute approximate surface area is 111 Å². The summed E-state index contributed by atoms with van der Waals surface area (Å²) in [6, 6.07) is 1.50. The minimum absolute atomic E-state index is 0. The van der Waals surface area contributed by atoms with Crippen molar-refractivity contribution in [3.8, 4) is 0 Å². The summed E-state index contributed by atoms with van der Waals surface area (Å²) in [5.74, 6) is -1.38. The molecule has 4 N–H and O–H groups in total. The first-order valence-electron chi connectivity index (χ1n) is 5.16. The van der Waals surface area contributed by atoms with Crippen LogP contribution in [0.1, 0.15) is 30.9 Å². The SMILES string of the molecule is Cl.NCCCC[C@H](N)c1c(F)cc(Cl)cc1F. The van der Waals surface area contributed by atoms with Gasteiger partial charge in [0.05, 0.1) is 0 Å². The van der Waals surface area contributed by atoms with E-state index in [1.165, 1.54) is 0 Å². The number of unbranched alkanes of at least 4 members (excludes halogenated alkanes) is 1. The van der Waals surface area contributed by atoms with Crippen LogP contribution >= 0.6 is 24.0 Å². The van der Waals surface area contributed by atoms with Gasteiger partial charge in [-0.3, -0.25) is 0 Å². The van der Waals surface area contributed by atoms with Crippen LogP contribution in [0.2, 0.25) is 5.02 Å². The first-order chi connectivity index (χ1) is 7.56. The molecule has 0 saturated heterocycles. The third-order valence-electron chi connectivity index (χ3n) is 2.38. The van der Waals surface area contributed by atoms with Crippen molar-refractivity contribution in [2.75, 3.05) is 6.54 Å². The quantitative estimate of drug-likeness (QED) is 0.816. The van der Waals surface area contributed by atoms with Crippen LogP contribution in [0.25, 0.3) is 0 Å². The lowest BCUT2D eigenvalue weighted by atomic mass is 10.0. The van der Waals surface area contributed by atoms with Crippen LogP contribution in [0.3, 0.4) is 0 Å². The van der Waals surface area contributed by atoms with Gasteiger partial charge in [-0.15, -0.1) is 12.4 Å². The molecular weight excluding hydrogens is 269 g/mol. The van der Waals surface area contributed by atoms with Gasteiger partial charge in [-0.1, -0.05) is 18.0 Å². The highest BCUT2D eigenvalue weighted by Gasteiger charge is 2.17. The number of benzene rings is 1. The minimum atomic E-state index is -0.690. The van der Waals surface area contributed by atoms with Crippen molar-refractivity contribution in [2.45, 2.75) is 25.3 Å². The summed E-state index contributed by atoms with van der Waals surface area (Å²) >= 11 is 5.52. The number of halogens is 4. The zero-order valence-corrected chi connectivity index (χ0v) is 10.8. The summed E-state index contributed by atoms with van der Waals surface area (Å²) in [6.07, 6.45) is 2.05. The van der Waals surface area contributed by atoms with Gasteiger partial charge in [0.2, 0.25) is 0 Å². The van der Waals surface area contributed by atoms with Crippen LogP contribution < -0.4 is 11.5 Å². The summed E-state index contributed by atoms with van der Waals surface area (Å²) < 4.78 is 26.9. The second kappa shape index (κ2) is 7.82. The molecule has 2 nitrogen and oxygen atoms in total. The van der Waals surface area contributed by atoms with Crippen LogP contribution in [-0.2, 0) is 0 Å². The number of rotatable bonds is 5. The van der Waals surface area contributed by atoms with E-state index in [-0.39, 0.29) is 23.0 Å². The van der Waals surface area contributed by atoms with Crippen LogP contribution in [0.4, 0.5) is 8.78 Å². The largest absolute Gasteiger partial charge is 0.330 e. The summed E-state index contributed by atoms with van der Waals surface area (Å²) in [4.78, 5) is 0. The molecule has 0 heterocycles. The third kappa shape index (κ3) is 4.76. The zero-order valence-electron chi connectivity index (χ0n) is 9.26. The van der Waals surface area contributed by atoms with Crippen molar-refractivity contribution < 1.29 is 8.78 Å². The van der Waals surface area contributed by atoms with E-state index in [2.05, 4.69) is 0 Å². The molecule has 1 aromatic carbocycles. The van der Waals surface area contributed by atoms with Gasteiger partial charge in [0.1, 0.15) is 11.6 Å². The monoisotopic (exact) mass is 284 g/mol. The molecule has 1 aromatic rings. The highest BCUT2D eigenvalue weighted by Crippen LogP contribution is 2.26. The topological polar surface area (TPSA) is 52.0 Å².